The van der Waals surface area contributed by atoms with Gasteiger partial charge in [-0.1, -0.05) is 17.7 Å². The van der Waals surface area contributed by atoms with Crippen molar-refractivity contribution in [3.8, 4) is 6.07 Å². The Balaban J connectivity index is 1.76. The number of pyridine rings is 1. The molecule has 1 aromatic carbocycles. The molecule has 0 spiro atoms. The Labute approximate surface area is 163 Å². The van der Waals surface area contributed by atoms with E-state index in [0.717, 1.165) is 22.3 Å². The Morgan fingerprint density at radius 1 is 1.11 bits per heavy atom. The van der Waals surface area contributed by atoms with E-state index in [4.69, 9.17) is 5.26 Å². The molecular formula is C22H21N3O3. The number of ketones is 2. The molecule has 6 heteroatoms. The van der Waals surface area contributed by atoms with Gasteiger partial charge in [0.2, 0.25) is 5.91 Å². The van der Waals surface area contributed by atoms with Gasteiger partial charge in [-0.2, -0.15) is 5.26 Å². The van der Waals surface area contributed by atoms with Crippen LogP contribution in [-0.4, -0.2) is 22.5 Å². The zero-order chi connectivity index (χ0) is 20.4. The molecule has 28 heavy (non-hydrogen) atoms. The molecule has 1 aromatic heterocycles. The number of aryl methyl sites for hydroxylation is 3. The van der Waals surface area contributed by atoms with E-state index in [1.807, 2.05) is 39.0 Å². The summed E-state index contributed by atoms with van der Waals surface area (Å²) in [5.74, 6) is -2.07. The molecule has 1 aliphatic rings. The van der Waals surface area contributed by atoms with Crippen LogP contribution < -0.4 is 5.32 Å². The third kappa shape index (κ3) is 3.84. The van der Waals surface area contributed by atoms with Crippen LogP contribution in [0, 0.1) is 38.0 Å². The molecule has 0 saturated heterocycles. The normalized spacial score (nSPS) is 19.2. The Morgan fingerprint density at radius 2 is 1.71 bits per heavy atom. The number of nitriles is 1. The Kier molecular flexibility index (Phi) is 5.36. The van der Waals surface area contributed by atoms with Gasteiger partial charge in [-0.15, -0.1) is 0 Å². The maximum atomic E-state index is 12.8. The van der Waals surface area contributed by atoms with Gasteiger partial charge in [-0.25, -0.2) is 4.98 Å². The predicted molar refractivity (Wildman–Crippen MR) is 104 cm³/mol. The Morgan fingerprint density at radius 3 is 2.21 bits per heavy atom. The second-order valence-corrected chi connectivity index (χ2v) is 7.32. The van der Waals surface area contributed by atoms with Gasteiger partial charge < -0.3 is 5.32 Å². The number of anilines is 1. The van der Waals surface area contributed by atoms with Gasteiger partial charge >= 0.3 is 0 Å². The molecule has 1 N–H and O–H groups in total. The van der Waals surface area contributed by atoms with E-state index in [0.29, 0.717) is 5.56 Å². The second kappa shape index (κ2) is 7.73. The van der Waals surface area contributed by atoms with Crippen molar-refractivity contribution in [2.75, 3.05) is 5.32 Å². The third-order valence-corrected chi connectivity index (χ3v) is 5.08. The summed E-state index contributed by atoms with van der Waals surface area (Å²) in [4.78, 5) is 42.1. The van der Waals surface area contributed by atoms with E-state index in [9.17, 15) is 14.4 Å². The number of hydrogen-bond donors (Lipinski definition) is 1. The summed E-state index contributed by atoms with van der Waals surface area (Å²) in [6, 6.07) is 8.95. The van der Waals surface area contributed by atoms with Crippen molar-refractivity contribution in [3.05, 3.63) is 58.3 Å². The minimum Gasteiger partial charge on any atom is -0.310 e. The molecule has 2 aromatic rings. The molecule has 3 rings (SSSR count). The second-order valence-electron chi connectivity index (χ2n) is 7.32. The average molecular weight is 375 g/mol. The van der Waals surface area contributed by atoms with Gasteiger partial charge in [0, 0.05) is 19.0 Å². The van der Waals surface area contributed by atoms with Crippen LogP contribution in [0.3, 0.4) is 0 Å². The van der Waals surface area contributed by atoms with Crippen LogP contribution in [0.2, 0.25) is 0 Å². The van der Waals surface area contributed by atoms with Crippen molar-refractivity contribution in [2.24, 2.45) is 5.92 Å². The van der Waals surface area contributed by atoms with E-state index in [1.54, 1.807) is 6.07 Å². The number of hydrogen-bond acceptors (Lipinski definition) is 5. The molecule has 142 valence electrons. The fraction of sp³-hybridized carbons (Fsp3) is 0.318. The standard InChI is InChI=1S/C22H21N3O3/c1-12-6-13(2)20(14(3)7-12)21-17(26)8-16(9-18(21)27)22(28)25-19-5-4-15(10-23)11-24-19/h4-7,11,16,21H,8-9H2,1-3H3,(H,24,25,28). The summed E-state index contributed by atoms with van der Waals surface area (Å²) in [7, 11) is 0. The molecule has 0 bridgehead atoms. The summed E-state index contributed by atoms with van der Waals surface area (Å²) in [6.07, 6.45) is 1.39. The molecule has 0 unspecified atom stereocenters. The van der Waals surface area contributed by atoms with Crippen LogP contribution in [0.5, 0.6) is 0 Å². The lowest BCUT2D eigenvalue weighted by Crippen LogP contribution is -2.38. The maximum absolute atomic E-state index is 12.8. The lowest BCUT2D eigenvalue weighted by Gasteiger charge is -2.28. The Hall–Kier alpha value is -3.33. The van der Waals surface area contributed by atoms with Gasteiger partial charge in [0.05, 0.1) is 11.5 Å². The SMILES string of the molecule is Cc1cc(C)c(C2C(=O)CC(C(=O)Nc3ccc(C#N)cn3)CC2=O)c(C)c1. The molecule has 1 fully saturated rings. The number of amides is 1. The summed E-state index contributed by atoms with van der Waals surface area (Å²) in [5, 5.41) is 11.4. The summed E-state index contributed by atoms with van der Waals surface area (Å²) >= 11 is 0. The number of rotatable bonds is 3. The van der Waals surface area contributed by atoms with Gasteiger partial charge in [0.25, 0.3) is 0 Å². The number of aromatic nitrogens is 1. The number of benzene rings is 1. The highest BCUT2D eigenvalue weighted by atomic mass is 16.2. The Bertz CT molecular complexity index is 962. The van der Waals surface area contributed by atoms with E-state index in [-0.39, 0.29) is 30.2 Å². The smallest absolute Gasteiger partial charge is 0.229 e. The fourth-order valence-corrected chi connectivity index (χ4v) is 3.89. The van der Waals surface area contributed by atoms with Gasteiger partial charge in [0.15, 0.2) is 0 Å². The molecule has 1 amide bonds. The molecular weight excluding hydrogens is 354 g/mol. The molecule has 1 saturated carbocycles. The van der Waals surface area contributed by atoms with Crippen LogP contribution in [0.4, 0.5) is 5.82 Å². The van der Waals surface area contributed by atoms with Crippen molar-refractivity contribution in [1.82, 2.24) is 4.98 Å². The van der Waals surface area contributed by atoms with Crippen molar-refractivity contribution in [1.29, 1.82) is 5.26 Å². The van der Waals surface area contributed by atoms with E-state index in [1.165, 1.54) is 12.3 Å². The van der Waals surface area contributed by atoms with Crippen LogP contribution in [-0.2, 0) is 14.4 Å². The monoisotopic (exact) mass is 375 g/mol. The van der Waals surface area contributed by atoms with Crippen LogP contribution in [0.25, 0.3) is 0 Å². The summed E-state index contributed by atoms with van der Waals surface area (Å²) in [6.45, 7) is 5.79. The molecule has 6 nitrogen and oxygen atoms in total. The maximum Gasteiger partial charge on any atom is 0.229 e. The fourth-order valence-electron chi connectivity index (χ4n) is 3.89. The quantitative estimate of drug-likeness (QED) is 0.831. The molecule has 0 aliphatic heterocycles. The number of Topliss-reactive ketones (excluding diaryl/α,β-unsaturated/α-hetero) is 2. The zero-order valence-corrected chi connectivity index (χ0v) is 16.1. The van der Waals surface area contributed by atoms with E-state index < -0.39 is 17.7 Å². The zero-order valence-electron chi connectivity index (χ0n) is 16.1. The average Bonchev–Trinajstić information content (AvgIpc) is 2.63. The summed E-state index contributed by atoms with van der Waals surface area (Å²) in [5.41, 5.74) is 4.09. The highest BCUT2D eigenvalue weighted by molar-refractivity contribution is 6.13. The van der Waals surface area contributed by atoms with Gasteiger partial charge in [-0.3, -0.25) is 14.4 Å². The lowest BCUT2D eigenvalue weighted by molar-refractivity contribution is -0.138. The third-order valence-electron chi connectivity index (χ3n) is 5.08. The number of nitrogens with zero attached hydrogens (tertiary/aromatic N) is 2. The first kappa shape index (κ1) is 19.4. The first-order valence-electron chi connectivity index (χ1n) is 9.10. The minimum absolute atomic E-state index is 0.0191. The molecule has 1 aliphatic carbocycles. The molecule has 0 atom stereocenters. The van der Waals surface area contributed by atoms with Crippen molar-refractivity contribution in [3.63, 3.8) is 0 Å². The first-order chi connectivity index (χ1) is 13.3. The van der Waals surface area contributed by atoms with E-state index in [2.05, 4.69) is 10.3 Å². The predicted octanol–water partition coefficient (Wildman–Crippen LogP) is 3.15. The highest BCUT2D eigenvalue weighted by Gasteiger charge is 2.40. The van der Waals surface area contributed by atoms with Gasteiger partial charge in [0.1, 0.15) is 29.4 Å². The topological polar surface area (TPSA) is 99.9 Å². The van der Waals surface area contributed by atoms with Crippen molar-refractivity contribution >= 4 is 23.3 Å². The first-order valence-corrected chi connectivity index (χ1v) is 9.10. The minimum atomic E-state index is -0.794. The molecule has 0 radical (unpaired) electrons. The van der Waals surface area contributed by atoms with Crippen molar-refractivity contribution < 1.29 is 14.4 Å². The van der Waals surface area contributed by atoms with Crippen LogP contribution in [0.15, 0.2) is 30.5 Å². The van der Waals surface area contributed by atoms with Gasteiger partial charge in [-0.05, 0) is 49.6 Å². The van der Waals surface area contributed by atoms with Crippen LogP contribution >= 0.6 is 0 Å². The lowest BCUT2D eigenvalue weighted by atomic mass is 9.74. The summed E-state index contributed by atoms with van der Waals surface area (Å²) < 4.78 is 0. The number of carbonyl (C=O) groups excluding carboxylic acids is 3. The number of nitrogens with one attached hydrogen (secondary N) is 1. The van der Waals surface area contributed by atoms with Crippen LogP contribution in [0.1, 0.15) is 46.6 Å². The highest BCUT2D eigenvalue weighted by Crippen LogP contribution is 2.35. The van der Waals surface area contributed by atoms with E-state index >= 15 is 0 Å². The largest absolute Gasteiger partial charge is 0.310 e. The molecule has 1 heterocycles. The number of carbonyl (C=O) groups is 3. The van der Waals surface area contributed by atoms with Crippen molar-refractivity contribution in [2.45, 2.75) is 39.5 Å².